The molecule has 0 heterocycles. The van der Waals surface area contributed by atoms with E-state index in [1.54, 1.807) is 0 Å². The molecule has 3 nitrogen and oxygen atoms in total. The number of rotatable bonds is 7. The normalized spacial score (nSPS) is 37.2. The van der Waals surface area contributed by atoms with Crippen LogP contribution in [0, 0.1) is 52.3 Å². The summed E-state index contributed by atoms with van der Waals surface area (Å²) in [6, 6.07) is 14.3. The van der Waals surface area contributed by atoms with E-state index < -0.39 is 0 Å². The van der Waals surface area contributed by atoms with Gasteiger partial charge in [0.2, 0.25) is 0 Å². The van der Waals surface area contributed by atoms with Gasteiger partial charge in [-0.1, -0.05) is 84.2 Å². The molecular weight excluding hydrogens is 502 g/mol. The van der Waals surface area contributed by atoms with Gasteiger partial charge in [-0.05, 0) is 133 Å². The minimum absolute atomic E-state index is 0.0430. The zero-order valence-corrected chi connectivity index (χ0v) is 26.5. The van der Waals surface area contributed by atoms with Crippen LogP contribution in [0.2, 0.25) is 0 Å². The standard InChI is InChI=1S/C38H55NO2/c1-25(2)9-8-10-26(3)33-17-18-34-32-16-14-29-24-31(19-21-37(29,4)35(32)20-22-38(33,34)5)41-36(40)39-30-15-13-27-11-6-7-12-28(27)23-30/h6-7,11-13,15,23,25-26,29,31-35H,8-10,14,16-22,24H2,1-5H3,(H,39,40)/t26-,29+,31+,32+,33-,34+,35+,37+,38-/m1/s1. The lowest BCUT2D eigenvalue weighted by Gasteiger charge is -2.61. The molecular formula is C38H55NO2. The predicted octanol–water partition coefficient (Wildman–Crippen LogP) is 10.9. The largest absolute Gasteiger partial charge is 0.446 e. The molecule has 2 aromatic carbocycles. The number of ether oxygens (including phenoxy) is 1. The third kappa shape index (κ3) is 5.56. The van der Waals surface area contributed by atoms with Crippen LogP contribution in [0.25, 0.3) is 10.8 Å². The minimum atomic E-state index is -0.296. The van der Waals surface area contributed by atoms with Gasteiger partial charge in [-0.3, -0.25) is 5.32 Å². The second-order valence-electron chi connectivity index (χ2n) is 15.7. The second kappa shape index (κ2) is 11.6. The van der Waals surface area contributed by atoms with E-state index in [2.05, 4.69) is 58.1 Å². The molecule has 0 saturated heterocycles. The van der Waals surface area contributed by atoms with Gasteiger partial charge in [0.05, 0.1) is 0 Å². The summed E-state index contributed by atoms with van der Waals surface area (Å²) >= 11 is 0. The van der Waals surface area contributed by atoms with Crippen LogP contribution in [0.5, 0.6) is 0 Å². The van der Waals surface area contributed by atoms with Gasteiger partial charge in [0, 0.05) is 5.69 Å². The molecule has 0 bridgehead atoms. The Bertz CT molecular complexity index is 1220. The zero-order chi connectivity index (χ0) is 28.8. The Hall–Kier alpha value is -2.03. The number of nitrogens with one attached hydrogen (secondary N) is 1. The van der Waals surface area contributed by atoms with Crippen LogP contribution in [0.3, 0.4) is 0 Å². The second-order valence-corrected chi connectivity index (χ2v) is 15.7. The van der Waals surface area contributed by atoms with E-state index in [4.69, 9.17) is 4.74 Å². The van der Waals surface area contributed by atoms with Crippen LogP contribution >= 0.6 is 0 Å². The molecule has 0 unspecified atom stereocenters. The molecule has 1 amide bonds. The Labute approximate surface area is 249 Å². The highest BCUT2D eigenvalue weighted by molar-refractivity contribution is 5.91. The van der Waals surface area contributed by atoms with Crippen LogP contribution in [-0.4, -0.2) is 12.2 Å². The summed E-state index contributed by atoms with van der Waals surface area (Å²) in [6.45, 7) is 12.7. The fraction of sp³-hybridized carbons (Fsp3) is 0.711. The van der Waals surface area contributed by atoms with Gasteiger partial charge in [-0.25, -0.2) is 4.79 Å². The minimum Gasteiger partial charge on any atom is -0.446 e. The Balaban J connectivity index is 1.06. The SMILES string of the molecule is CC(C)CCC[C@@H](C)[C@H]1CC[C@H]2[C@@H]3CC[C@H]4C[C@@H](OC(=O)Nc5ccc6ccccc6c5)CC[C@]4(C)[C@H]3CC[C@]12C. The number of hydrogen-bond acceptors (Lipinski definition) is 2. The van der Waals surface area contributed by atoms with Gasteiger partial charge in [-0.15, -0.1) is 0 Å². The van der Waals surface area contributed by atoms with E-state index in [1.165, 1.54) is 69.6 Å². The lowest BCUT2D eigenvalue weighted by atomic mass is 9.44. The van der Waals surface area contributed by atoms with Crippen molar-refractivity contribution in [3.63, 3.8) is 0 Å². The van der Waals surface area contributed by atoms with Crippen LogP contribution in [0.1, 0.15) is 112 Å². The fourth-order valence-electron chi connectivity index (χ4n) is 10.9. The van der Waals surface area contributed by atoms with E-state index in [1.807, 2.05) is 24.3 Å². The van der Waals surface area contributed by atoms with E-state index in [0.717, 1.165) is 59.4 Å². The molecule has 6 rings (SSSR count). The number of carbonyl (C=O) groups excluding carboxylic acids is 1. The van der Waals surface area contributed by atoms with Crippen molar-refractivity contribution in [3.8, 4) is 0 Å². The number of hydrogen-bond donors (Lipinski definition) is 1. The first-order valence-corrected chi connectivity index (χ1v) is 17.1. The van der Waals surface area contributed by atoms with Crippen LogP contribution < -0.4 is 5.32 Å². The molecule has 4 saturated carbocycles. The molecule has 0 aliphatic heterocycles. The topological polar surface area (TPSA) is 38.3 Å². The van der Waals surface area contributed by atoms with Gasteiger partial charge in [0.15, 0.2) is 0 Å². The highest BCUT2D eigenvalue weighted by atomic mass is 16.6. The van der Waals surface area contributed by atoms with Crippen LogP contribution in [0.15, 0.2) is 42.5 Å². The number of benzene rings is 2. The van der Waals surface area contributed by atoms with Gasteiger partial charge in [0.25, 0.3) is 0 Å². The smallest absolute Gasteiger partial charge is 0.411 e. The molecule has 0 spiro atoms. The van der Waals surface area contributed by atoms with Crippen LogP contribution in [0.4, 0.5) is 10.5 Å². The summed E-state index contributed by atoms with van der Waals surface area (Å²) in [4.78, 5) is 12.9. The van der Waals surface area contributed by atoms with Crippen LogP contribution in [-0.2, 0) is 4.74 Å². The molecule has 4 fully saturated rings. The average Bonchev–Trinajstić information content (AvgIpc) is 3.30. The van der Waals surface area contributed by atoms with Crippen molar-refractivity contribution < 1.29 is 9.53 Å². The van der Waals surface area contributed by atoms with E-state index >= 15 is 0 Å². The first-order valence-electron chi connectivity index (χ1n) is 17.1. The monoisotopic (exact) mass is 557 g/mol. The van der Waals surface area contributed by atoms with E-state index in [-0.39, 0.29) is 12.2 Å². The van der Waals surface area contributed by atoms with Crippen molar-refractivity contribution in [1.29, 1.82) is 0 Å². The Morgan fingerprint density at radius 2 is 1.63 bits per heavy atom. The van der Waals surface area contributed by atoms with Crippen molar-refractivity contribution in [3.05, 3.63) is 42.5 Å². The van der Waals surface area contributed by atoms with E-state index in [0.29, 0.717) is 16.7 Å². The Kier molecular flexibility index (Phi) is 8.20. The molecule has 0 aromatic heterocycles. The molecule has 41 heavy (non-hydrogen) atoms. The lowest BCUT2D eigenvalue weighted by molar-refractivity contribution is -0.129. The Morgan fingerprint density at radius 3 is 2.44 bits per heavy atom. The third-order valence-corrected chi connectivity index (χ3v) is 13.1. The van der Waals surface area contributed by atoms with Crippen molar-refractivity contribution >= 4 is 22.6 Å². The molecule has 4 aliphatic carbocycles. The summed E-state index contributed by atoms with van der Waals surface area (Å²) in [6.07, 6.45) is 15.8. The van der Waals surface area contributed by atoms with Gasteiger partial charge < -0.3 is 4.74 Å². The summed E-state index contributed by atoms with van der Waals surface area (Å²) in [5, 5.41) is 5.32. The summed E-state index contributed by atoms with van der Waals surface area (Å²) in [7, 11) is 0. The summed E-state index contributed by atoms with van der Waals surface area (Å²) < 4.78 is 6.06. The maximum Gasteiger partial charge on any atom is 0.411 e. The van der Waals surface area contributed by atoms with Crippen molar-refractivity contribution in [2.24, 2.45) is 52.3 Å². The predicted molar refractivity (Wildman–Crippen MR) is 171 cm³/mol. The quantitative estimate of drug-likeness (QED) is 0.368. The highest BCUT2D eigenvalue weighted by Crippen LogP contribution is 2.68. The van der Waals surface area contributed by atoms with Gasteiger partial charge >= 0.3 is 6.09 Å². The van der Waals surface area contributed by atoms with E-state index in [9.17, 15) is 4.79 Å². The number of carbonyl (C=O) groups is 1. The molecule has 1 N–H and O–H groups in total. The molecule has 3 heteroatoms. The van der Waals surface area contributed by atoms with Crippen molar-refractivity contribution in [2.45, 2.75) is 118 Å². The fourth-order valence-corrected chi connectivity index (χ4v) is 10.9. The molecule has 224 valence electrons. The number of fused-ring (bicyclic) bond motifs is 6. The van der Waals surface area contributed by atoms with Crippen molar-refractivity contribution in [1.82, 2.24) is 0 Å². The lowest BCUT2D eigenvalue weighted by Crippen LogP contribution is -2.54. The summed E-state index contributed by atoms with van der Waals surface area (Å²) in [5.41, 5.74) is 1.78. The van der Waals surface area contributed by atoms with Gasteiger partial charge in [-0.2, -0.15) is 0 Å². The maximum absolute atomic E-state index is 12.9. The zero-order valence-electron chi connectivity index (χ0n) is 26.5. The number of amides is 1. The first kappa shape index (κ1) is 29.1. The molecule has 0 radical (unpaired) electrons. The molecule has 2 aromatic rings. The molecule has 9 atom stereocenters. The Morgan fingerprint density at radius 1 is 0.878 bits per heavy atom. The average molecular weight is 558 g/mol. The highest BCUT2D eigenvalue weighted by Gasteiger charge is 2.60. The van der Waals surface area contributed by atoms with Gasteiger partial charge in [0.1, 0.15) is 6.10 Å². The number of anilines is 1. The van der Waals surface area contributed by atoms with Crippen molar-refractivity contribution in [2.75, 3.05) is 5.32 Å². The summed E-state index contributed by atoms with van der Waals surface area (Å²) in [5.74, 6) is 6.03. The maximum atomic E-state index is 12.9. The molecule has 4 aliphatic rings. The first-order chi connectivity index (χ1) is 19.7. The third-order valence-electron chi connectivity index (χ3n) is 13.1.